The highest BCUT2D eigenvalue weighted by Crippen LogP contribution is 2.21. The molecule has 0 aromatic heterocycles. The minimum Gasteiger partial charge on any atom is -0.480 e. The summed E-state index contributed by atoms with van der Waals surface area (Å²) in [7, 11) is 0. The molecule has 3 aromatic carbocycles. The van der Waals surface area contributed by atoms with E-state index in [1.54, 1.807) is 12.1 Å². The number of thioether (sulfide) groups is 2. The number of carboxylic acid groups (broad SMARTS) is 1. The predicted octanol–water partition coefficient (Wildman–Crippen LogP) is 5.30. The Morgan fingerprint density at radius 3 is 2.41 bits per heavy atom. The molecule has 1 unspecified atom stereocenters. The summed E-state index contributed by atoms with van der Waals surface area (Å²) >= 11 is 3.05. The third-order valence-corrected chi connectivity index (χ3v) is 9.25. The molecule has 0 bridgehead atoms. The van der Waals surface area contributed by atoms with Crippen molar-refractivity contribution in [2.45, 2.75) is 51.1 Å². The highest BCUT2D eigenvalue weighted by atomic mass is 32.2. The van der Waals surface area contributed by atoms with Crippen LogP contribution in [0.15, 0.2) is 66.7 Å². The van der Waals surface area contributed by atoms with E-state index in [2.05, 4.69) is 48.7 Å². The molecule has 8 nitrogen and oxygen atoms in total. The van der Waals surface area contributed by atoms with Gasteiger partial charge in [0.15, 0.2) is 0 Å². The Balaban J connectivity index is 1.74. The Hall–Kier alpha value is -3.52. The second kappa shape index (κ2) is 18.3. The zero-order chi connectivity index (χ0) is 31.9. The van der Waals surface area contributed by atoms with E-state index in [-0.39, 0.29) is 36.1 Å². The monoisotopic (exact) mass is 634 g/mol. The van der Waals surface area contributed by atoms with Crippen molar-refractivity contribution in [3.8, 4) is 6.07 Å². The second-order valence-corrected chi connectivity index (χ2v) is 12.9. The van der Waals surface area contributed by atoms with E-state index in [1.165, 1.54) is 23.5 Å². The van der Waals surface area contributed by atoms with Crippen LogP contribution in [-0.2, 0) is 26.7 Å². The summed E-state index contributed by atoms with van der Waals surface area (Å²) in [5.41, 5.74) is 2.71. The van der Waals surface area contributed by atoms with Crippen LogP contribution in [-0.4, -0.2) is 70.7 Å². The first-order valence-corrected chi connectivity index (χ1v) is 17.3. The van der Waals surface area contributed by atoms with Gasteiger partial charge >= 0.3 is 5.97 Å². The fourth-order valence-corrected chi connectivity index (χ4v) is 6.18. The zero-order valence-electron chi connectivity index (χ0n) is 25.6. The molecule has 3 atom stereocenters. The molecule has 0 aliphatic heterocycles. The number of aliphatic carboxylic acids is 1. The first-order valence-electron chi connectivity index (χ1n) is 14.8. The molecule has 0 aliphatic carbocycles. The van der Waals surface area contributed by atoms with Crippen molar-refractivity contribution < 1.29 is 19.5 Å². The standard InChI is InChI=1S/C34H42N4O4S2/c1-4-24(2)31(37-33(40)23-44-22-26-14-12-25(18-35)13-15-26)20-38(21-32(39)36-30(34(41)42)16-17-43-3)19-28-10-7-9-27-8-5-6-11-29(27)28/h5-15,24,30-31H,4,16-17,19-23H2,1-3H3,(H,36,39)(H,37,40)(H,41,42)/t24?,30-,31+/m0/s1. The number of carbonyl (C=O) groups excluding carboxylic acids is 2. The summed E-state index contributed by atoms with van der Waals surface area (Å²) in [5, 5.41) is 26.8. The number of amides is 2. The number of hydrogen-bond donors (Lipinski definition) is 3. The van der Waals surface area contributed by atoms with Crippen molar-refractivity contribution in [1.82, 2.24) is 15.5 Å². The molecule has 2 amide bonds. The maximum Gasteiger partial charge on any atom is 0.326 e. The maximum atomic E-state index is 13.2. The minimum absolute atomic E-state index is 0.00250. The summed E-state index contributed by atoms with van der Waals surface area (Å²) in [6, 6.07) is 22.5. The summed E-state index contributed by atoms with van der Waals surface area (Å²) in [6.07, 6.45) is 3.09. The van der Waals surface area contributed by atoms with Gasteiger partial charge in [0.25, 0.3) is 0 Å². The third-order valence-electron chi connectivity index (χ3n) is 7.60. The lowest BCUT2D eigenvalue weighted by Gasteiger charge is -2.31. The van der Waals surface area contributed by atoms with Gasteiger partial charge in [-0.15, -0.1) is 11.8 Å². The van der Waals surface area contributed by atoms with Crippen LogP contribution < -0.4 is 10.6 Å². The molecule has 0 radical (unpaired) electrons. The van der Waals surface area contributed by atoms with Crippen molar-refractivity contribution in [1.29, 1.82) is 5.26 Å². The summed E-state index contributed by atoms with van der Waals surface area (Å²) in [5.74, 6) is 0.235. The van der Waals surface area contributed by atoms with E-state index in [0.29, 0.717) is 36.6 Å². The molecular weight excluding hydrogens is 593 g/mol. The van der Waals surface area contributed by atoms with Crippen molar-refractivity contribution in [3.05, 3.63) is 83.4 Å². The lowest BCUT2D eigenvalue weighted by atomic mass is 9.97. The second-order valence-electron chi connectivity index (χ2n) is 10.9. The van der Waals surface area contributed by atoms with E-state index >= 15 is 0 Å². The van der Waals surface area contributed by atoms with Crippen LogP contribution >= 0.6 is 23.5 Å². The van der Waals surface area contributed by atoms with E-state index in [4.69, 9.17) is 5.26 Å². The molecule has 3 rings (SSSR count). The lowest BCUT2D eigenvalue weighted by molar-refractivity contribution is -0.142. The van der Waals surface area contributed by atoms with E-state index in [0.717, 1.165) is 28.3 Å². The van der Waals surface area contributed by atoms with Gasteiger partial charge in [0, 0.05) is 24.9 Å². The molecule has 0 saturated carbocycles. The Morgan fingerprint density at radius 2 is 1.73 bits per heavy atom. The number of rotatable bonds is 18. The SMILES string of the molecule is CCC(C)[C@@H](CN(CC(=O)N[C@@H](CCSC)C(=O)O)Cc1cccc2ccccc12)NC(=O)CSCc1ccc(C#N)cc1. The molecular formula is C34H42N4O4S2. The number of benzene rings is 3. The molecule has 44 heavy (non-hydrogen) atoms. The number of nitriles is 1. The van der Waals surface area contributed by atoms with Crippen LogP contribution in [0.2, 0.25) is 0 Å². The first kappa shape index (κ1) is 35.0. The number of nitrogens with zero attached hydrogens (tertiary/aromatic N) is 2. The number of carbonyl (C=O) groups is 3. The van der Waals surface area contributed by atoms with Gasteiger partial charge in [0.05, 0.1) is 23.9 Å². The third kappa shape index (κ3) is 11.2. The van der Waals surface area contributed by atoms with Gasteiger partial charge < -0.3 is 15.7 Å². The van der Waals surface area contributed by atoms with Crippen LogP contribution in [0.25, 0.3) is 10.8 Å². The van der Waals surface area contributed by atoms with Crippen LogP contribution in [0.3, 0.4) is 0 Å². The molecule has 3 aromatic rings. The largest absolute Gasteiger partial charge is 0.480 e. The molecule has 0 spiro atoms. The van der Waals surface area contributed by atoms with Gasteiger partial charge in [0.2, 0.25) is 11.8 Å². The first-order chi connectivity index (χ1) is 21.2. The van der Waals surface area contributed by atoms with Crippen LogP contribution in [0, 0.1) is 17.2 Å². The van der Waals surface area contributed by atoms with Crippen LogP contribution in [0.1, 0.15) is 43.4 Å². The zero-order valence-corrected chi connectivity index (χ0v) is 27.3. The van der Waals surface area contributed by atoms with Crippen LogP contribution in [0.5, 0.6) is 0 Å². The number of hydrogen-bond acceptors (Lipinski definition) is 7. The van der Waals surface area contributed by atoms with Crippen molar-refractivity contribution in [2.24, 2.45) is 5.92 Å². The topological polar surface area (TPSA) is 123 Å². The predicted molar refractivity (Wildman–Crippen MR) is 180 cm³/mol. The van der Waals surface area contributed by atoms with Crippen molar-refractivity contribution >= 4 is 52.1 Å². The molecule has 0 aliphatic rings. The van der Waals surface area contributed by atoms with Gasteiger partial charge in [-0.25, -0.2) is 4.79 Å². The number of carboxylic acids is 1. The van der Waals surface area contributed by atoms with E-state index < -0.39 is 12.0 Å². The Labute approximate surface area is 269 Å². The van der Waals surface area contributed by atoms with Crippen molar-refractivity contribution in [2.75, 3.05) is 30.9 Å². The summed E-state index contributed by atoms with van der Waals surface area (Å²) < 4.78 is 0. The molecule has 234 valence electrons. The van der Waals surface area contributed by atoms with E-state index in [9.17, 15) is 19.5 Å². The van der Waals surface area contributed by atoms with Gasteiger partial charge in [0.1, 0.15) is 6.04 Å². The average Bonchev–Trinajstić information content (AvgIpc) is 3.02. The summed E-state index contributed by atoms with van der Waals surface area (Å²) in [4.78, 5) is 40.1. The highest BCUT2D eigenvalue weighted by molar-refractivity contribution is 7.99. The van der Waals surface area contributed by atoms with Crippen molar-refractivity contribution in [3.63, 3.8) is 0 Å². The van der Waals surface area contributed by atoms with E-state index in [1.807, 2.05) is 47.6 Å². The van der Waals surface area contributed by atoms with Gasteiger partial charge in [-0.05, 0) is 58.4 Å². The van der Waals surface area contributed by atoms with Gasteiger partial charge in [-0.2, -0.15) is 17.0 Å². The fraction of sp³-hybridized carbons (Fsp3) is 0.412. The Morgan fingerprint density at radius 1 is 1.00 bits per heavy atom. The molecule has 0 heterocycles. The quantitative estimate of drug-likeness (QED) is 0.172. The number of nitrogens with one attached hydrogen (secondary N) is 2. The molecule has 0 saturated heterocycles. The fourth-order valence-electron chi connectivity index (χ4n) is 4.91. The van der Waals surface area contributed by atoms with Gasteiger partial charge in [-0.3, -0.25) is 14.5 Å². The molecule has 0 fully saturated rings. The highest BCUT2D eigenvalue weighted by Gasteiger charge is 2.25. The van der Waals surface area contributed by atoms with Gasteiger partial charge in [-0.1, -0.05) is 74.9 Å². The maximum absolute atomic E-state index is 13.2. The normalized spacial score (nSPS) is 13.2. The lowest BCUT2D eigenvalue weighted by Crippen LogP contribution is -2.51. The molecule has 10 heteroatoms. The van der Waals surface area contributed by atoms with Crippen LogP contribution in [0.4, 0.5) is 0 Å². The smallest absolute Gasteiger partial charge is 0.326 e. The minimum atomic E-state index is -1.05. The average molecular weight is 635 g/mol. The number of fused-ring (bicyclic) bond motifs is 1. The summed E-state index contributed by atoms with van der Waals surface area (Å²) in [6.45, 7) is 5.07. The molecule has 3 N–H and O–H groups in total. The Bertz CT molecular complexity index is 1420. The Kier molecular flexibility index (Phi) is 14.6.